The van der Waals surface area contributed by atoms with E-state index in [9.17, 15) is 0 Å². The topological polar surface area (TPSA) is 77.8 Å². The van der Waals surface area contributed by atoms with Crippen molar-refractivity contribution in [1.82, 2.24) is 19.9 Å². The van der Waals surface area contributed by atoms with Gasteiger partial charge in [-0.2, -0.15) is 0 Å². The molecular formula is C46H26N4O2. The smallest absolute Gasteiger partial charge is 0.227 e. The third-order valence-corrected chi connectivity index (χ3v) is 9.97. The maximum Gasteiger partial charge on any atom is 0.227 e. The van der Waals surface area contributed by atoms with E-state index in [1.807, 2.05) is 48.5 Å². The van der Waals surface area contributed by atoms with Crippen LogP contribution in [0.2, 0.25) is 0 Å². The van der Waals surface area contributed by atoms with E-state index in [4.69, 9.17) is 28.8 Å². The van der Waals surface area contributed by atoms with Crippen molar-refractivity contribution in [2.45, 2.75) is 0 Å². The van der Waals surface area contributed by atoms with Crippen LogP contribution >= 0.6 is 0 Å². The summed E-state index contributed by atoms with van der Waals surface area (Å²) in [6, 6.07) is 53.5. The summed E-state index contributed by atoms with van der Waals surface area (Å²) in [5.74, 6) is 2.40. The molecule has 6 heteroatoms. The number of rotatable bonds is 4. The molecule has 0 fully saturated rings. The Hall–Kier alpha value is -7.18. The molecule has 0 N–H and O–H groups in total. The minimum absolute atomic E-state index is 0.575. The van der Waals surface area contributed by atoms with Gasteiger partial charge in [-0.25, -0.2) is 19.9 Å². The van der Waals surface area contributed by atoms with Gasteiger partial charge in [0.15, 0.2) is 23.1 Å². The van der Waals surface area contributed by atoms with E-state index in [0.717, 1.165) is 82.0 Å². The van der Waals surface area contributed by atoms with Crippen LogP contribution in [0, 0.1) is 0 Å². The average Bonchev–Trinajstić information content (AvgIpc) is 3.82. The predicted molar refractivity (Wildman–Crippen MR) is 209 cm³/mol. The SMILES string of the molecule is c1ccc(-c2nc3ccc4oc5ccc6c(-c7nc(-c8cccc9ccccc89)nc(-c8cccc9ccccc89)n7)cccc6c5c4c3o2)cc1. The van der Waals surface area contributed by atoms with Crippen molar-refractivity contribution >= 4 is 65.4 Å². The predicted octanol–water partition coefficient (Wildman–Crippen LogP) is 12.0. The highest BCUT2D eigenvalue weighted by molar-refractivity contribution is 6.26. The highest BCUT2D eigenvalue weighted by Gasteiger charge is 2.21. The number of hydrogen-bond donors (Lipinski definition) is 0. The van der Waals surface area contributed by atoms with Gasteiger partial charge in [-0.15, -0.1) is 0 Å². The fourth-order valence-corrected chi connectivity index (χ4v) is 7.57. The first kappa shape index (κ1) is 28.6. The molecule has 6 nitrogen and oxygen atoms in total. The monoisotopic (exact) mass is 666 g/mol. The minimum Gasteiger partial charge on any atom is -0.456 e. The molecule has 8 aromatic carbocycles. The quantitative estimate of drug-likeness (QED) is 0.186. The van der Waals surface area contributed by atoms with E-state index in [0.29, 0.717) is 28.9 Å². The van der Waals surface area contributed by atoms with Gasteiger partial charge in [-0.1, -0.05) is 121 Å². The zero-order chi connectivity index (χ0) is 34.2. The summed E-state index contributed by atoms with van der Waals surface area (Å²) in [7, 11) is 0. The Bertz CT molecular complexity index is 3090. The molecule has 0 amide bonds. The summed E-state index contributed by atoms with van der Waals surface area (Å²) in [4.78, 5) is 20.5. The van der Waals surface area contributed by atoms with E-state index >= 15 is 0 Å². The van der Waals surface area contributed by atoms with Crippen LogP contribution in [0.15, 0.2) is 167 Å². The van der Waals surface area contributed by atoms with Crippen LogP contribution in [0.25, 0.3) is 111 Å². The standard InChI is InChI=1S/C46H26N4O2/c1-2-13-29(14-3-1)46-47-37-24-26-39-41(42(37)52-46)40-33-19-10-22-36(32(33)23-25-38(40)51-39)45-49-43(34-20-8-15-27-11-4-6-17-30(27)34)48-44(50-45)35-21-9-16-28-12-5-7-18-31(28)35/h1-26H. The molecule has 0 saturated heterocycles. The number of oxazole rings is 1. The van der Waals surface area contributed by atoms with Crippen LogP contribution in [0.3, 0.4) is 0 Å². The van der Waals surface area contributed by atoms with Crippen LogP contribution in [-0.4, -0.2) is 19.9 Å². The molecule has 3 aromatic heterocycles. The number of nitrogens with zero attached hydrogens (tertiary/aromatic N) is 4. The molecule has 0 radical (unpaired) electrons. The summed E-state index contributed by atoms with van der Waals surface area (Å²) in [5, 5.41) is 8.29. The van der Waals surface area contributed by atoms with Gasteiger partial charge in [-0.05, 0) is 68.7 Å². The van der Waals surface area contributed by atoms with Crippen LogP contribution in [0.4, 0.5) is 0 Å². The Balaban J connectivity index is 1.19. The Kier molecular flexibility index (Phi) is 6.15. The number of aromatic nitrogens is 4. The molecule has 0 atom stereocenters. The molecule has 0 aliphatic carbocycles. The second-order valence-corrected chi connectivity index (χ2v) is 13.0. The van der Waals surface area contributed by atoms with E-state index in [1.54, 1.807) is 0 Å². The van der Waals surface area contributed by atoms with Crippen molar-refractivity contribution in [1.29, 1.82) is 0 Å². The first-order chi connectivity index (χ1) is 25.8. The van der Waals surface area contributed by atoms with Crippen LogP contribution in [0.1, 0.15) is 0 Å². The number of furan rings is 1. The third-order valence-electron chi connectivity index (χ3n) is 9.97. The van der Waals surface area contributed by atoms with Gasteiger partial charge in [0.25, 0.3) is 0 Å². The van der Waals surface area contributed by atoms with Gasteiger partial charge in [0.1, 0.15) is 16.7 Å². The Morgan fingerprint density at radius 2 is 0.865 bits per heavy atom. The molecule has 0 aliphatic rings. The van der Waals surface area contributed by atoms with Crippen LogP contribution < -0.4 is 0 Å². The number of benzene rings is 8. The second kappa shape index (κ2) is 11.2. The van der Waals surface area contributed by atoms with Crippen molar-refractivity contribution in [3.8, 4) is 45.6 Å². The van der Waals surface area contributed by atoms with E-state index in [2.05, 4.69) is 109 Å². The zero-order valence-electron chi connectivity index (χ0n) is 27.6. The summed E-state index contributed by atoms with van der Waals surface area (Å²) >= 11 is 0. The zero-order valence-corrected chi connectivity index (χ0v) is 27.6. The number of hydrogen-bond acceptors (Lipinski definition) is 6. The Labute approximate surface area is 296 Å². The van der Waals surface area contributed by atoms with Crippen molar-refractivity contribution in [3.05, 3.63) is 158 Å². The molecule has 0 unspecified atom stereocenters. The molecule has 52 heavy (non-hydrogen) atoms. The maximum absolute atomic E-state index is 6.49. The summed E-state index contributed by atoms with van der Waals surface area (Å²) in [5.41, 5.74) is 6.71. The lowest BCUT2D eigenvalue weighted by Crippen LogP contribution is -2.01. The van der Waals surface area contributed by atoms with Crippen molar-refractivity contribution in [2.75, 3.05) is 0 Å². The van der Waals surface area contributed by atoms with E-state index < -0.39 is 0 Å². The number of fused-ring (bicyclic) bond motifs is 9. The van der Waals surface area contributed by atoms with Gasteiger partial charge in [0.05, 0.1) is 5.39 Å². The second-order valence-electron chi connectivity index (χ2n) is 13.0. The highest BCUT2D eigenvalue weighted by Crippen LogP contribution is 2.42. The first-order valence-corrected chi connectivity index (χ1v) is 17.2. The van der Waals surface area contributed by atoms with Gasteiger partial charge >= 0.3 is 0 Å². The van der Waals surface area contributed by atoms with Crippen LogP contribution in [0.5, 0.6) is 0 Å². The maximum atomic E-state index is 6.49. The summed E-state index contributed by atoms with van der Waals surface area (Å²) in [6.45, 7) is 0. The summed E-state index contributed by atoms with van der Waals surface area (Å²) in [6.07, 6.45) is 0. The first-order valence-electron chi connectivity index (χ1n) is 17.2. The molecule has 0 bridgehead atoms. The average molecular weight is 667 g/mol. The lowest BCUT2D eigenvalue weighted by Gasteiger charge is -2.13. The van der Waals surface area contributed by atoms with E-state index in [-0.39, 0.29) is 0 Å². The van der Waals surface area contributed by atoms with Gasteiger partial charge in [-0.3, -0.25) is 0 Å². The highest BCUT2D eigenvalue weighted by atomic mass is 16.4. The molecule has 242 valence electrons. The van der Waals surface area contributed by atoms with Crippen molar-refractivity contribution in [3.63, 3.8) is 0 Å². The van der Waals surface area contributed by atoms with Crippen molar-refractivity contribution < 1.29 is 8.83 Å². The summed E-state index contributed by atoms with van der Waals surface area (Å²) < 4.78 is 12.9. The lowest BCUT2D eigenvalue weighted by molar-refractivity contribution is 0.622. The fourth-order valence-electron chi connectivity index (χ4n) is 7.57. The van der Waals surface area contributed by atoms with E-state index in [1.165, 1.54) is 0 Å². The molecular weight excluding hydrogens is 641 g/mol. The normalized spacial score (nSPS) is 11.8. The van der Waals surface area contributed by atoms with Gasteiger partial charge in [0, 0.05) is 27.6 Å². The molecule has 3 heterocycles. The molecule has 11 aromatic rings. The van der Waals surface area contributed by atoms with Gasteiger partial charge in [0.2, 0.25) is 5.89 Å². The molecule has 0 spiro atoms. The van der Waals surface area contributed by atoms with Crippen LogP contribution in [-0.2, 0) is 0 Å². The fraction of sp³-hybridized carbons (Fsp3) is 0. The largest absolute Gasteiger partial charge is 0.456 e. The van der Waals surface area contributed by atoms with Crippen molar-refractivity contribution in [2.24, 2.45) is 0 Å². The Morgan fingerprint density at radius 3 is 1.54 bits per heavy atom. The Morgan fingerprint density at radius 1 is 0.346 bits per heavy atom. The lowest BCUT2D eigenvalue weighted by atomic mass is 9.98. The third kappa shape index (κ3) is 4.38. The molecule has 0 aliphatic heterocycles. The molecule has 11 rings (SSSR count). The van der Waals surface area contributed by atoms with Gasteiger partial charge < -0.3 is 8.83 Å². The minimum atomic E-state index is 0.575. The molecule has 0 saturated carbocycles.